The van der Waals surface area contributed by atoms with E-state index >= 15 is 0 Å². The number of likely N-dealkylation sites (N-methyl/N-ethyl adjacent to an activating group) is 1. The summed E-state index contributed by atoms with van der Waals surface area (Å²) in [6, 6.07) is 6.50. The first-order chi connectivity index (χ1) is 12.1. The Morgan fingerprint density at radius 3 is 2.20 bits per heavy atom. The number of hydrogen-bond acceptors (Lipinski definition) is 4. The molecule has 2 saturated heterocycles. The van der Waals surface area contributed by atoms with Crippen LogP contribution in [0.25, 0.3) is 0 Å². The Morgan fingerprint density at radius 2 is 1.56 bits per heavy atom. The monoisotopic (exact) mass is 344 g/mol. The summed E-state index contributed by atoms with van der Waals surface area (Å²) in [6.07, 6.45) is 0. The SMILES string of the molecule is CCN1CCN(CC(=O)N2CCN(c3cccc(C)c3C)CC2)CC1. The van der Waals surface area contributed by atoms with Gasteiger partial charge >= 0.3 is 0 Å². The first-order valence-corrected chi connectivity index (χ1v) is 9.62. The zero-order valence-electron chi connectivity index (χ0n) is 16.0. The Bertz CT molecular complexity index is 587. The third-order valence-electron chi connectivity index (χ3n) is 5.82. The molecule has 1 aromatic carbocycles. The van der Waals surface area contributed by atoms with E-state index in [0.717, 1.165) is 58.9 Å². The van der Waals surface area contributed by atoms with Crippen molar-refractivity contribution in [2.24, 2.45) is 0 Å². The number of benzene rings is 1. The first-order valence-electron chi connectivity index (χ1n) is 9.62. The minimum atomic E-state index is 0.297. The lowest BCUT2D eigenvalue weighted by atomic mass is 10.1. The van der Waals surface area contributed by atoms with Gasteiger partial charge in [-0.25, -0.2) is 0 Å². The van der Waals surface area contributed by atoms with Crippen molar-refractivity contribution in [2.45, 2.75) is 20.8 Å². The normalized spacial score (nSPS) is 20.1. The lowest BCUT2D eigenvalue weighted by Crippen LogP contribution is -2.53. The summed E-state index contributed by atoms with van der Waals surface area (Å²) in [7, 11) is 0. The molecular formula is C20H32N4O. The number of anilines is 1. The number of carbonyl (C=O) groups is 1. The molecule has 2 aliphatic heterocycles. The molecule has 0 aromatic heterocycles. The van der Waals surface area contributed by atoms with Crippen molar-refractivity contribution in [3.63, 3.8) is 0 Å². The van der Waals surface area contributed by atoms with E-state index < -0.39 is 0 Å². The Kier molecular flexibility index (Phi) is 5.97. The van der Waals surface area contributed by atoms with Crippen LogP contribution >= 0.6 is 0 Å². The number of rotatable bonds is 4. The van der Waals surface area contributed by atoms with Crippen LogP contribution in [0, 0.1) is 13.8 Å². The third kappa shape index (κ3) is 4.33. The van der Waals surface area contributed by atoms with Crippen LogP contribution in [-0.2, 0) is 4.79 Å². The van der Waals surface area contributed by atoms with Crippen LogP contribution in [0.15, 0.2) is 18.2 Å². The standard InChI is InChI=1S/C20H32N4O/c1-4-21-8-10-22(11-9-21)16-20(25)24-14-12-23(13-15-24)19-7-5-6-17(2)18(19)3/h5-7H,4,8-16H2,1-3H3. The van der Waals surface area contributed by atoms with Crippen molar-refractivity contribution in [3.05, 3.63) is 29.3 Å². The van der Waals surface area contributed by atoms with E-state index in [0.29, 0.717) is 12.5 Å². The second-order valence-electron chi connectivity index (χ2n) is 7.30. The molecule has 5 heteroatoms. The molecule has 3 rings (SSSR count). The van der Waals surface area contributed by atoms with Gasteiger partial charge in [0, 0.05) is 58.0 Å². The molecule has 0 bridgehead atoms. The summed E-state index contributed by atoms with van der Waals surface area (Å²) in [6.45, 7) is 16.0. The molecule has 2 fully saturated rings. The van der Waals surface area contributed by atoms with E-state index in [2.05, 4.69) is 53.7 Å². The average Bonchev–Trinajstić information content (AvgIpc) is 2.65. The van der Waals surface area contributed by atoms with Crippen LogP contribution in [0.3, 0.4) is 0 Å². The molecule has 0 aliphatic carbocycles. The van der Waals surface area contributed by atoms with Crippen LogP contribution in [0.2, 0.25) is 0 Å². The van der Waals surface area contributed by atoms with Crippen molar-refractivity contribution in [2.75, 3.05) is 70.3 Å². The van der Waals surface area contributed by atoms with Crippen LogP contribution in [0.4, 0.5) is 5.69 Å². The molecule has 1 amide bonds. The summed E-state index contributed by atoms with van der Waals surface area (Å²) in [5.41, 5.74) is 4.01. The Morgan fingerprint density at radius 1 is 0.920 bits per heavy atom. The fourth-order valence-electron chi connectivity index (χ4n) is 3.83. The molecular weight excluding hydrogens is 312 g/mol. The molecule has 0 N–H and O–H groups in total. The Hall–Kier alpha value is -1.59. The quantitative estimate of drug-likeness (QED) is 0.830. The van der Waals surface area contributed by atoms with Crippen molar-refractivity contribution < 1.29 is 4.79 Å². The predicted octanol–water partition coefficient (Wildman–Crippen LogP) is 1.59. The third-order valence-corrected chi connectivity index (χ3v) is 5.82. The second kappa shape index (κ2) is 8.19. The van der Waals surface area contributed by atoms with Gasteiger partial charge < -0.3 is 14.7 Å². The fourth-order valence-corrected chi connectivity index (χ4v) is 3.83. The minimum Gasteiger partial charge on any atom is -0.368 e. The predicted molar refractivity (Wildman–Crippen MR) is 103 cm³/mol. The van der Waals surface area contributed by atoms with Crippen molar-refractivity contribution in [1.29, 1.82) is 0 Å². The smallest absolute Gasteiger partial charge is 0.236 e. The van der Waals surface area contributed by atoms with Crippen LogP contribution in [0.5, 0.6) is 0 Å². The summed E-state index contributed by atoms with van der Waals surface area (Å²) >= 11 is 0. The Labute approximate surface area is 152 Å². The van der Waals surface area contributed by atoms with Crippen molar-refractivity contribution >= 4 is 11.6 Å². The maximum Gasteiger partial charge on any atom is 0.236 e. The molecule has 1 aromatic rings. The summed E-state index contributed by atoms with van der Waals surface area (Å²) < 4.78 is 0. The van der Waals surface area contributed by atoms with Crippen LogP contribution < -0.4 is 4.90 Å². The lowest BCUT2D eigenvalue weighted by Gasteiger charge is -2.39. The number of hydrogen-bond donors (Lipinski definition) is 0. The number of aryl methyl sites for hydroxylation is 1. The average molecular weight is 345 g/mol. The van der Waals surface area contributed by atoms with Gasteiger partial charge in [0.1, 0.15) is 0 Å². The van der Waals surface area contributed by atoms with Gasteiger partial charge in [-0.15, -0.1) is 0 Å². The van der Waals surface area contributed by atoms with E-state index in [-0.39, 0.29) is 0 Å². The number of amides is 1. The van der Waals surface area contributed by atoms with E-state index in [1.165, 1.54) is 16.8 Å². The maximum absolute atomic E-state index is 12.6. The summed E-state index contributed by atoms with van der Waals surface area (Å²) in [4.78, 5) is 21.9. The van der Waals surface area contributed by atoms with Gasteiger partial charge in [-0.2, -0.15) is 0 Å². The molecule has 5 nitrogen and oxygen atoms in total. The van der Waals surface area contributed by atoms with Gasteiger partial charge in [0.15, 0.2) is 0 Å². The van der Waals surface area contributed by atoms with Gasteiger partial charge in [-0.3, -0.25) is 9.69 Å². The maximum atomic E-state index is 12.6. The Balaban J connectivity index is 1.49. The van der Waals surface area contributed by atoms with E-state index in [1.807, 2.05) is 4.90 Å². The minimum absolute atomic E-state index is 0.297. The molecule has 2 aliphatic rings. The topological polar surface area (TPSA) is 30.0 Å². The van der Waals surface area contributed by atoms with Gasteiger partial charge in [0.05, 0.1) is 6.54 Å². The van der Waals surface area contributed by atoms with E-state index in [9.17, 15) is 4.79 Å². The highest BCUT2D eigenvalue weighted by Gasteiger charge is 2.25. The van der Waals surface area contributed by atoms with Crippen molar-refractivity contribution in [3.8, 4) is 0 Å². The number of nitrogens with zero attached hydrogens (tertiary/aromatic N) is 4. The summed E-state index contributed by atoms with van der Waals surface area (Å²) in [5, 5.41) is 0. The van der Waals surface area contributed by atoms with Crippen LogP contribution in [0.1, 0.15) is 18.1 Å². The highest BCUT2D eigenvalue weighted by atomic mass is 16.2. The molecule has 0 radical (unpaired) electrons. The number of piperazine rings is 2. The van der Waals surface area contributed by atoms with Gasteiger partial charge in [-0.1, -0.05) is 19.1 Å². The summed E-state index contributed by atoms with van der Waals surface area (Å²) in [5.74, 6) is 0.297. The molecule has 138 valence electrons. The molecule has 0 spiro atoms. The van der Waals surface area contributed by atoms with Gasteiger partial charge in [-0.05, 0) is 37.6 Å². The zero-order chi connectivity index (χ0) is 17.8. The molecule has 25 heavy (non-hydrogen) atoms. The molecule has 0 saturated carbocycles. The highest BCUT2D eigenvalue weighted by molar-refractivity contribution is 5.78. The first kappa shape index (κ1) is 18.2. The zero-order valence-corrected chi connectivity index (χ0v) is 16.0. The van der Waals surface area contributed by atoms with Gasteiger partial charge in [0.25, 0.3) is 0 Å². The largest absolute Gasteiger partial charge is 0.368 e. The highest BCUT2D eigenvalue weighted by Crippen LogP contribution is 2.23. The molecule has 2 heterocycles. The second-order valence-corrected chi connectivity index (χ2v) is 7.30. The number of carbonyl (C=O) groups excluding carboxylic acids is 1. The van der Waals surface area contributed by atoms with Crippen molar-refractivity contribution in [1.82, 2.24) is 14.7 Å². The lowest BCUT2D eigenvalue weighted by molar-refractivity contribution is -0.133. The van der Waals surface area contributed by atoms with E-state index in [4.69, 9.17) is 0 Å². The van der Waals surface area contributed by atoms with E-state index in [1.54, 1.807) is 0 Å². The molecule has 0 atom stereocenters. The fraction of sp³-hybridized carbons (Fsp3) is 0.650. The van der Waals surface area contributed by atoms with Crippen LogP contribution in [-0.4, -0.2) is 86.1 Å². The molecule has 0 unspecified atom stereocenters. The van der Waals surface area contributed by atoms with Gasteiger partial charge in [0.2, 0.25) is 5.91 Å².